The SMILES string of the molecule is CSc1nc2n(n1)[C@H](c1ccccc1)C=C(c1ccc(C)cc1)N2. The normalized spacial score (nSPS) is 16.2. The van der Waals surface area contributed by atoms with Crippen molar-refractivity contribution in [2.45, 2.75) is 18.1 Å². The third kappa shape index (κ3) is 2.71. The zero-order valence-corrected chi connectivity index (χ0v) is 14.4. The minimum Gasteiger partial charge on any atom is -0.324 e. The van der Waals surface area contributed by atoms with E-state index in [1.54, 1.807) is 11.8 Å². The molecule has 4 nitrogen and oxygen atoms in total. The molecule has 0 unspecified atom stereocenters. The van der Waals surface area contributed by atoms with Crippen LogP contribution in [-0.2, 0) is 0 Å². The molecule has 1 N–H and O–H groups in total. The number of benzene rings is 2. The van der Waals surface area contributed by atoms with E-state index in [0.29, 0.717) is 0 Å². The van der Waals surface area contributed by atoms with Crippen LogP contribution >= 0.6 is 11.8 Å². The van der Waals surface area contributed by atoms with Gasteiger partial charge in [0.15, 0.2) is 0 Å². The van der Waals surface area contributed by atoms with E-state index in [1.807, 2.05) is 17.0 Å². The van der Waals surface area contributed by atoms with Crippen molar-refractivity contribution in [1.82, 2.24) is 14.8 Å². The van der Waals surface area contributed by atoms with E-state index in [-0.39, 0.29) is 6.04 Å². The van der Waals surface area contributed by atoms with Gasteiger partial charge in [-0.25, -0.2) is 4.68 Å². The molecule has 0 radical (unpaired) electrons. The van der Waals surface area contributed by atoms with Gasteiger partial charge in [0.1, 0.15) is 6.04 Å². The van der Waals surface area contributed by atoms with Crippen LogP contribution in [0.2, 0.25) is 0 Å². The number of nitrogens with zero attached hydrogens (tertiary/aromatic N) is 3. The van der Waals surface area contributed by atoms with Gasteiger partial charge in [0, 0.05) is 5.70 Å². The topological polar surface area (TPSA) is 42.7 Å². The molecule has 0 spiro atoms. The van der Waals surface area contributed by atoms with Gasteiger partial charge in [-0.15, -0.1) is 5.10 Å². The second-order valence-electron chi connectivity index (χ2n) is 5.79. The van der Waals surface area contributed by atoms with Crippen LogP contribution in [0.4, 0.5) is 5.95 Å². The Kier molecular flexibility index (Phi) is 3.86. The average molecular weight is 334 g/mol. The fraction of sp³-hybridized carbons (Fsp3) is 0.158. The molecule has 0 bridgehead atoms. The Labute approximate surface area is 145 Å². The van der Waals surface area contributed by atoms with E-state index >= 15 is 0 Å². The van der Waals surface area contributed by atoms with Gasteiger partial charge < -0.3 is 5.32 Å². The highest BCUT2D eigenvalue weighted by molar-refractivity contribution is 7.98. The summed E-state index contributed by atoms with van der Waals surface area (Å²) in [4.78, 5) is 4.60. The first kappa shape index (κ1) is 15.0. The fourth-order valence-corrected chi connectivity index (χ4v) is 3.20. The lowest BCUT2D eigenvalue weighted by atomic mass is 10.0. The van der Waals surface area contributed by atoms with Crippen molar-refractivity contribution in [3.63, 3.8) is 0 Å². The molecule has 0 fully saturated rings. The standard InChI is InChI=1S/C19H18N4S/c1-13-8-10-14(11-9-13)16-12-17(15-6-4-3-5-7-15)23-18(20-16)21-19(22-23)24-2/h3-12,17H,1-2H3,(H,20,21,22)/t17-/m0/s1. The van der Waals surface area contributed by atoms with Crippen molar-refractivity contribution in [3.05, 3.63) is 77.4 Å². The molecule has 3 aromatic rings. The number of hydrogen-bond donors (Lipinski definition) is 1. The lowest BCUT2D eigenvalue weighted by molar-refractivity contribution is 0.598. The molecule has 0 amide bonds. The number of aryl methyl sites for hydroxylation is 1. The summed E-state index contributed by atoms with van der Waals surface area (Å²) in [6.45, 7) is 2.10. The summed E-state index contributed by atoms with van der Waals surface area (Å²) in [7, 11) is 0. The van der Waals surface area contributed by atoms with E-state index in [1.165, 1.54) is 11.1 Å². The minimum absolute atomic E-state index is 0.0344. The molecule has 0 saturated carbocycles. The molecule has 0 aliphatic carbocycles. The highest BCUT2D eigenvalue weighted by atomic mass is 32.2. The Balaban J connectivity index is 1.82. The van der Waals surface area contributed by atoms with Gasteiger partial charge in [-0.1, -0.05) is 71.9 Å². The summed E-state index contributed by atoms with van der Waals surface area (Å²) in [6, 6.07) is 19.0. The van der Waals surface area contributed by atoms with Crippen molar-refractivity contribution >= 4 is 23.4 Å². The Hall–Kier alpha value is -2.53. The zero-order chi connectivity index (χ0) is 16.5. The maximum Gasteiger partial charge on any atom is 0.227 e. The van der Waals surface area contributed by atoms with Gasteiger partial charge in [-0.2, -0.15) is 4.98 Å². The molecular formula is C19H18N4S. The Morgan fingerprint density at radius 2 is 1.79 bits per heavy atom. The maximum atomic E-state index is 4.63. The van der Waals surface area contributed by atoms with E-state index in [2.05, 4.69) is 76.9 Å². The van der Waals surface area contributed by atoms with Crippen LogP contribution in [0, 0.1) is 6.92 Å². The summed E-state index contributed by atoms with van der Waals surface area (Å²) in [5.74, 6) is 0.784. The van der Waals surface area contributed by atoms with Gasteiger partial charge in [-0.05, 0) is 30.4 Å². The van der Waals surface area contributed by atoms with Crippen molar-refractivity contribution in [2.24, 2.45) is 0 Å². The smallest absolute Gasteiger partial charge is 0.227 e. The number of thioether (sulfide) groups is 1. The second kappa shape index (κ2) is 6.17. The van der Waals surface area contributed by atoms with Gasteiger partial charge in [-0.3, -0.25) is 0 Å². The first-order chi connectivity index (χ1) is 11.7. The number of fused-ring (bicyclic) bond motifs is 1. The second-order valence-corrected chi connectivity index (χ2v) is 6.57. The lowest BCUT2D eigenvalue weighted by Crippen LogP contribution is -2.20. The fourth-order valence-electron chi connectivity index (χ4n) is 2.85. The number of anilines is 1. The molecule has 1 aliphatic rings. The zero-order valence-electron chi connectivity index (χ0n) is 13.6. The average Bonchev–Trinajstić information content (AvgIpc) is 3.05. The molecule has 1 atom stereocenters. The van der Waals surface area contributed by atoms with Gasteiger partial charge in [0.2, 0.25) is 11.1 Å². The quantitative estimate of drug-likeness (QED) is 0.723. The molecule has 5 heteroatoms. The molecule has 1 aromatic heterocycles. The summed E-state index contributed by atoms with van der Waals surface area (Å²) in [5.41, 5.74) is 4.67. The van der Waals surface area contributed by atoms with Crippen LogP contribution in [-0.4, -0.2) is 21.0 Å². The number of allylic oxidation sites excluding steroid dienone is 1. The van der Waals surface area contributed by atoms with Crippen LogP contribution in [0.3, 0.4) is 0 Å². The van der Waals surface area contributed by atoms with Gasteiger partial charge in [0.05, 0.1) is 0 Å². The van der Waals surface area contributed by atoms with Gasteiger partial charge >= 0.3 is 0 Å². The van der Waals surface area contributed by atoms with Crippen LogP contribution in [0.5, 0.6) is 0 Å². The molecule has 1 aliphatic heterocycles. The molecule has 2 heterocycles. The van der Waals surface area contributed by atoms with Crippen LogP contribution in [0.1, 0.15) is 22.7 Å². The minimum atomic E-state index is 0.0344. The molecule has 4 rings (SSSR count). The highest BCUT2D eigenvalue weighted by Crippen LogP contribution is 2.33. The third-order valence-electron chi connectivity index (χ3n) is 4.13. The molecule has 24 heavy (non-hydrogen) atoms. The third-order valence-corrected chi connectivity index (χ3v) is 4.67. The van der Waals surface area contributed by atoms with Crippen LogP contribution in [0.15, 0.2) is 65.8 Å². The van der Waals surface area contributed by atoms with Crippen molar-refractivity contribution in [1.29, 1.82) is 0 Å². The molecular weight excluding hydrogens is 316 g/mol. The Morgan fingerprint density at radius 1 is 1.04 bits per heavy atom. The monoisotopic (exact) mass is 334 g/mol. The Bertz CT molecular complexity index is 881. The summed E-state index contributed by atoms with van der Waals surface area (Å²) in [6.07, 6.45) is 4.21. The van der Waals surface area contributed by atoms with Crippen molar-refractivity contribution < 1.29 is 0 Å². The largest absolute Gasteiger partial charge is 0.324 e. The maximum absolute atomic E-state index is 4.63. The van der Waals surface area contributed by atoms with Gasteiger partial charge in [0.25, 0.3) is 0 Å². The van der Waals surface area contributed by atoms with E-state index in [4.69, 9.17) is 0 Å². The lowest BCUT2D eigenvalue weighted by Gasteiger charge is -2.24. The van der Waals surface area contributed by atoms with Crippen molar-refractivity contribution in [2.75, 3.05) is 11.6 Å². The molecule has 0 saturated heterocycles. The predicted molar refractivity (Wildman–Crippen MR) is 99.2 cm³/mol. The number of rotatable bonds is 3. The van der Waals surface area contributed by atoms with Crippen LogP contribution < -0.4 is 5.32 Å². The van der Waals surface area contributed by atoms with E-state index < -0.39 is 0 Å². The summed E-state index contributed by atoms with van der Waals surface area (Å²) in [5, 5.41) is 8.83. The number of aromatic nitrogens is 3. The van der Waals surface area contributed by atoms with E-state index in [0.717, 1.165) is 22.4 Å². The summed E-state index contributed by atoms with van der Waals surface area (Å²) >= 11 is 1.55. The predicted octanol–water partition coefficient (Wildman–Crippen LogP) is 4.36. The first-order valence-corrected chi connectivity index (χ1v) is 9.08. The van der Waals surface area contributed by atoms with Crippen LogP contribution in [0.25, 0.3) is 5.70 Å². The number of hydrogen-bond acceptors (Lipinski definition) is 4. The van der Waals surface area contributed by atoms with E-state index in [9.17, 15) is 0 Å². The Morgan fingerprint density at radius 3 is 2.50 bits per heavy atom. The highest BCUT2D eigenvalue weighted by Gasteiger charge is 2.24. The van der Waals surface area contributed by atoms with Crippen molar-refractivity contribution in [3.8, 4) is 0 Å². The number of nitrogens with one attached hydrogen (secondary N) is 1. The molecule has 2 aromatic carbocycles. The first-order valence-electron chi connectivity index (χ1n) is 7.86. The summed E-state index contributed by atoms with van der Waals surface area (Å²) < 4.78 is 1.96. The molecule has 120 valence electrons.